The molecule has 0 bridgehead atoms. The largest absolute Gasteiger partial charge is 0.392 e. The summed E-state index contributed by atoms with van der Waals surface area (Å²) >= 11 is 0. The molecule has 3 rings (SSSR count). The molecule has 2 heterocycles. The average Bonchev–Trinajstić information content (AvgIpc) is 3.11. The molecular formula is C15H19N3O3S. The maximum absolute atomic E-state index is 12.3. The van der Waals surface area contributed by atoms with Crippen LogP contribution in [0.15, 0.2) is 39.8 Å². The predicted octanol–water partition coefficient (Wildman–Crippen LogP) is 1.29. The van der Waals surface area contributed by atoms with Gasteiger partial charge in [0.05, 0.1) is 22.9 Å². The summed E-state index contributed by atoms with van der Waals surface area (Å²) < 4.78 is 17.5. The molecule has 22 heavy (non-hydrogen) atoms. The fourth-order valence-electron chi connectivity index (χ4n) is 2.72. The first-order valence-electron chi connectivity index (χ1n) is 7.29. The van der Waals surface area contributed by atoms with Gasteiger partial charge in [-0.25, -0.2) is 0 Å². The standard InChI is InChI=1S/C15H19N3O3S/c1-11-16-15(21-17-11)14-9-12(19)10-18(14)7-8-22(20)13-5-3-2-4-6-13/h2-6,12,14,19H,7-10H2,1H3/t12-,14+,22+/m0/s1. The molecule has 0 amide bonds. The van der Waals surface area contributed by atoms with Gasteiger partial charge in [-0.1, -0.05) is 23.4 Å². The number of rotatable bonds is 5. The summed E-state index contributed by atoms with van der Waals surface area (Å²) in [4.78, 5) is 7.15. The normalized spacial score (nSPS) is 23.7. The second kappa shape index (κ2) is 6.68. The van der Waals surface area contributed by atoms with Gasteiger partial charge in [-0.3, -0.25) is 9.11 Å². The molecule has 0 unspecified atom stereocenters. The van der Waals surface area contributed by atoms with E-state index in [9.17, 15) is 9.32 Å². The molecule has 1 aliphatic rings. The summed E-state index contributed by atoms with van der Waals surface area (Å²) in [5.74, 6) is 1.63. The summed E-state index contributed by atoms with van der Waals surface area (Å²) in [5.41, 5.74) is 0. The number of benzene rings is 1. The number of hydrogen-bond donors (Lipinski definition) is 1. The Morgan fingerprint density at radius 2 is 2.18 bits per heavy atom. The van der Waals surface area contributed by atoms with Crippen molar-refractivity contribution in [2.75, 3.05) is 18.8 Å². The fraction of sp³-hybridized carbons (Fsp3) is 0.467. The minimum absolute atomic E-state index is 0.0935. The SMILES string of the molecule is Cc1noc([C@H]2C[C@H](O)CN2CC[S@@](=O)c2ccccc2)n1. The van der Waals surface area contributed by atoms with E-state index in [2.05, 4.69) is 15.0 Å². The van der Waals surface area contributed by atoms with E-state index in [1.165, 1.54) is 0 Å². The van der Waals surface area contributed by atoms with E-state index in [1.807, 2.05) is 30.3 Å². The monoisotopic (exact) mass is 321 g/mol. The van der Waals surface area contributed by atoms with E-state index in [1.54, 1.807) is 6.92 Å². The highest BCUT2D eigenvalue weighted by molar-refractivity contribution is 7.85. The fourth-order valence-corrected chi connectivity index (χ4v) is 3.82. The van der Waals surface area contributed by atoms with Crippen LogP contribution in [0.5, 0.6) is 0 Å². The molecule has 1 fully saturated rings. The zero-order valence-electron chi connectivity index (χ0n) is 12.4. The summed E-state index contributed by atoms with van der Waals surface area (Å²) in [6.07, 6.45) is 0.155. The van der Waals surface area contributed by atoms with Crippen LogP contribution in [-0.2, 0) is 10.8 Å². The number of likely N-dealkylation sites (tertiary alicyclic amines) is 1. The highest BCUT2D eigenvalue weighted by Crippen LogP contribution is 2.30. The maximum Gasteiger partial charge on any atom is 0.244 e. The lowest BCUT2D eigenvalue weighted by Gasteiger charge is -2.20. The van der Waals surface area contributed by atoms with Gasteiger partial charge in [-0.15, -0.1) is 0 Å². The van der Waals surface area contributed by atoms with Crippen molar-refractivity contribution in [3.8, 4) is 0 Å². The van der Waals surface area contributed by atoms with Crippen LogP contribution in [0.3, 0.4) is 0 Å². The summed E-state index contributed by atoms with van der Waals surface area (Å²) in [7, 11) is -1.05. The molecule has 6 nitrogen and oxygen atoms in total. The van der Waals surface area contributed by atoms with Crippen LogP contribution in [0.4, 0.5) is 0 Å². The third-order valence-electron chi connectivity index (χ3n) is 3.78. The van der Waals surface area contributed by atoms with Gasteiger partial charge < -0.3 is 9.63 Å². The minimum atomic E-state index is -1.05. The van der Waals surface area contributed by atoms with Gasteiger partial charge in [0.1, 0.15) is 0 Å². The van der Waals surface area contributed by atoms with Crippen LogP contribution >= 0.6 is 0 Å². The van der Waals surface area contributed by atoms with Crippen molar-refractivity contribution in [1.29, 1.82) is 0 Å². The van der Waals surface area contributed by atoms with Crippen molar-refractivity contribution >= 4 is 10.8 Å². The third kappa shape index (κ3) is 3.43. The molecule has 3 atom stereocenters. The second-order valence-corrected chi connectivity index (χ2v) is 7.01. The van der Waals surface area contributed by atoms with Crippen molar-refractivity contribution in [3.05, 3.63) is 42.0 Å². The maximum atomic E-state index is 12.3. The van der Waals surface area contributed by atoms with Crippen LogP contribution in [0, 0.1) is 6.92 Å². The molecular weight excluding hydrogens is 302 g/mol. The van der Waals surface area contributed by atoms with Crippen LogP contribution in [0.1, 0.15) is 24.2 Å². The Hall–Kier alpha value is -1.57. The number of nitrogens with zero attached hydrogens (tertiary/aromatic N) is 3. The number of hydrogen-bond acceptors (Lipinski definition) is 6. The first-order valence-corrected chi connectivity index (χ1v) is 8.61. The highest BCUT2D eigenvalue weighted by atomic mass is 32.2. The van der Waals surface area contributed by atoms with Crippen molar-refractivity contribution in [2.45, 2.75) is 30.4 Å². The molecule has 7 heteroatoms. The van der Waals surface area contributed by atoms with Crippen molar-refractivity contribution in [1.82, 2.24) is 15.0 Å². The van der Waals surface area contributed by atoms with Gasteiger partial charge in [0.2, 0.25) is 5.89 Å². The van der Waals surface area contributed by atoms with E-state index in [0.29, 0.717) is 37.0 Å². The zero-order chi connectivity index (χ0) is 15.5. The van der Waals surface area contributed by atoms with Gasteiger partial charge >= 0.3 is 0 Å². The quantitative estimate of drug-likeness (QED) is 0.894. The van der Waals surface area contributed by atoms with Gasteiger partial charge in [-0.2, -0.15) is 4.98 Å². The topological polar surface area (TPSA) is 79.5 Å². The van der Waals surface area contributed by atoms with Crippen molar-refractivity contribution < 1.29 is 13.8 Å². The number of β-amino-alcohol motifs (C(OH)–C–C–N with tert-alkyl or cyclic N) is 1. The first-order chi connectivity index (χ1) is 10.6. The second-order valence-electron chi connectivity index (χ2n) is 5.44. The third-order valence-corrected chi connectivity index (χ3v) is 5.13. The first kappa shape index (κ1) is 15.3. The molecule has 0 saturated carbocycles. The Balaban J connectivity index is 1.64. The van der Waals surface area contributed by atoms with E-state index in [4.69, 9.17) is 4.52 Å². The Morgan fingerprint density at radius 1 is 1.41 bits per heavy atom. The smallest absolute Gasteiger partial charge is 0.244 e. The van der Waals surface area contributed by atoms with E-state index >= 15 is 0 Å². The Kier molecular flexibility index (Phi) is 4.66. The van der Waals surface area contributed by atoms with Gasteiger partial charge in [0.15, 0.2) is 5.82 Å². The van der Waals surface area contributed by atoms with E-state index in [0.717, 1.165) is 4.90 Å². The Morgan fingerprint density at radius 3 is 2.86 bits per heavy atom. The lowest BCUT2D eigenvalue weighted by Crippen LogP contribution is -2.29. The molecule has 0 spiro atoms. The number of aliphatic hydroxyl groups is 1. The number of aryl methyl sites for hydroxylation is 1. The van der Waals surface area contributed by atoms with Crippen LogP contribution in [0.2, 0.25) is 0 Å². The molecule has 0 radical (unpaired) electrons. The van der Waals surface area contributed by atoms with Crippen LogP contribution in [0.25, 0.3) is 0 Å². The molecule has 1 aromatic heterocycles. The van der Waals surface area contributed by atoms with Crippen molar-refractivity contribution in [2.24, 2.45) is 0 Å². The molecule has 1 aliphatic heterocycles. The van der Waals surface area contributed by atoms with E-state index < -0.39 is 16.9 Å². The zero-order valence-corrected chi connectivity index (χ0v) is 13.2. The Bertz CT molecular complexity index is 646. The van der Waals surface area contributed by atoms with Crippen molar-refractivity contribution in [3.63, 3.8) is 0 Å². The van der Waals surface area contributed by atoms with Gasteiger partial charge in [0, 0.05) is 23.7 Å². The van der Waals surface area contributed by atoms with Crippen LogP contribution in [-0.4, -0.2) is 49.3 Å². The molecule has 2 aromatic rings. The summed E-state index contributed by atoms with van der Waals surface area (Å²) in [6.45, 7) is 2.93. The molecule has 118 valence electrons. The number of aliphatic hydroxyl groups excluding tert-OH is 1. The molecule has 1 saturated heterocycles. The Labute approximate surface area is 131 Å². The summed E-state index contributed by atoms with van der Waals surface area (Å²) in [5, 5.41) is 13.7. The van der Waals surface area contributed by atoms with Crippen LogP contribution < -0.4 is 0 Å². The summed E-state index contributed by atoms with van der Waals surface area (Å²) in [6, 6.07) is 9.32. The predicted molar refractivity (Wildman–Crippen MR) is 81.7 cm³/mol. The minimum Gasteiger partial charge on any atom is -0.392 e. The van der Waals surface area contributed by atoms with Gasteiger partial charge in [-0.05, 0) is 25.5 Å². The highest BCUT2D eigenvalue weighted by Gasteiger charge is 2.35. The molecule has 0 aliphatic carbocycles. The number of aromatic nitrogens is 2. The van der Waals surface area contributed by atoms with Gasteiger partial charge in [0.25, 0.3) is 0 Å². The van der Waals surface area contributed by atoms with E-state index in [-0.39, 0.29) is 6.04 Å². The molecule has 1 aromatic carbocycles. The lowest BCUT2D eigenvalue weighted by molar-refractivity contribution is 0.176. The lowest BCUT2D eigenvalue weighted by atomic mass is 10.2. The average molecular weight is 321 g/mol. The molecule has 1 N–H and O–H groups in total.